The molecule has 1 aromatic heterocycles. The lowest BCUT2D eigenvalue weighted by Crippen LogP contribution is -2.46. The van der Waals surface area contributed by atoms with Gasteiger partial charge in [0.1, 0.15) is 11.9 Å². The van der Waals surface area contributed by atoms with E-state index in [4.69, 9.17) is 4.74 Å². The minimum atomic E-state index is -0.214. The predicted octanol–water partition coefficient (Wildman–Crippen LogP) is 5.59. The number of thiazole rings is 1. The molecule has 2 fully saturated rings. The molecule has 2 saturated carbocycles. The molecule has 2 N–H and O–H groups in total. The van der Waals surface area contributed by atoms with Gasteiger partial charge in [0, 0.05) is 29.8 Å². The third-order valence-electron chi connectivity index (χ3n) is 8.68. The van der Waals surface area contributed by atoms with Gasteiger partial charge >= 0.3 is 5.97 Å². The molecule has 7 heteroatoms. The minimum absolute atomic E-state index is 0.00353. The Morgan fingerprint density at radius 2 is 2.15 bits per heavy atom. The Balaban J connectivity index is 1.37. The Bertz CT molecular complexity index is 1100. The summed E-state index contributed by atoms with van der Waals surface area (Å²) >= 11 is 1.49. The molecule has 0 spiro atoms. The second-order valence-corrected chi connectivity index (χ2v) is 12.0. The second kappa shape index (κ2) is 8.99. The van der Waals surface area contributed by atoms with Crippen molar-refractivity contribution in [3.8, 4) is 5.75 Å². The highest BCUT2D eigenvalue weighted by atomic mass is 32.1. The van der Waals surface area contributed by atoms with Crippen LogP contribution in [-0.4, -0.2) is 28.1 Å². The number of benzene rings is 1. The summed E-state index contributed by atoms with van der Waals surface area (Å²) in [7, 11) is 0. The molecule has 2 aromatic rings. The number of carbonyl (C=O) groups excluding carboxylic acids is 2. The number of hydrogen-bond acceptors (Lipinski definition) is 6. The fourth-order valence-corrected chi connectivity index (χ4v) is 8.07. The molecule has 1 aromatic carbocycles. The number of ether oxygens (including phenoxy) is 1. The summed E-state index contributed by atoms with van der Waals surface area (Å²) in [5.74, 6) is 1.85. The van der Waals surface area contributed by atoms with Crippen LogP contribution >= 0.6 is 11.3 Å². The average Bonchev–Trinajstić information content (AvgIpc) is 3.31. The number of anilines is 1. The second-order valence-electron chi connectivity index (χ2n) is 10.7. The van der Waals surface area contributed by atoms with E-state index in [1.54, 1.807) is 6.20 Å². The van der Waals surface area contributed by atoms with E-state index < -0.39 is 0 Å². The molecule has 0 saturated heterocycles. The number of rotatable bonds is 5. The van der Waals surface area contributed by atoms with Crippen molar-refractivity contribution < 1.29 is 19.4 Å². The number of carbonyl (C=O) groups is 2. The maximum absolute atomic E-state index is 12.7. The van der Waals surface area contributed by atoms with Crippen molar-refractivity contribution in [3.63, 3.8) is 0 Å². The van der Waals surface area contributed by atoms with Gasteiger partial charge in [-0.05, 0) is 92.4 Å². The van der Waals surface area contributed by atoms with Crippen molar-refractivity contribution >= 4 is 28.3 Å². The zero-order valence-corrected chi connectivity index (χ0v) is 21.0. The normalized spacial score (nSPS) is 31.8. The highest BCUT2D eigenvalue weighted by Gasteiger charge is 2.59. The van der Waals surface area contributed by atoms with Crippen molar-refractivity contribution in [2.24, 2.45) is 23.2 Å². The number of amides is 1. The Morgan fingerprint density at radius 1 is 1.32 bits per heavy atom. The standard InChI is InChI=1S/C27H34N2O4S/c1-15-14-28-26(34-15)29-24(32)9-5-18-13-23(33-16(2)30)27(3)11-10-21-20-8-6-19(31)12-17(20)4-7-22(21)25(18)27/h6,8,12,14,18,21-23,25,31H,4-5,7,9-11,13H2,1-3H3,(H,28,29,32)/t18-,21?,22?,23+,25?,27-/m1/s1. The summed E-state index contributed by atoms with van der Waals surface area (Å²) in [5, 5.41) is 13.6. The Hall–Kier alpha value is -2.41. The zero-order chi connectivity index (χ0) is 24.0. The van der Waals surface area contributed by atoms with Crippen LogP contribution in [0.3, 0.4) is 0 Å². The van der Waals surface area contributed by atoms with Crippen LogP contribution in [0.5, 0.6) is 5.75 Å². The lowest BCUT2D eigenvalue weighted by atomic mass is 9.53. The van der Waals surface area contributed by atoms with Crippen molar-refractivity contribution in [3.05, 3.63) is 40.4 Å². The first kappa shape index (κ1) is 23.3. The molecule has 0 aliphatic heterocycles. The van der Waals surface area contributed by atoms with Crippen LogP contribution in [0.2, 0.25) is 0 Å². The van der Waals surface area contributed by atoms with Gasteiger partial charge in [0.15, 0.2) is 5.13 Å². The van der Waals surface area contributed by atoms with Gasteiger partial charge in [-0.1, -0.05) is 13.0 Å². The maximum atomic E-state index is 12.7. The van der Waals surface area contributed by atoms with E-state index in [-0.39, 0.29) is 23.4 Å². The number of phenols is 1. The van der Waals surface area contributed by atoms with Gasteiger partial charge in [0.2, 0.25) is 5.91 Å². The fourth-order valence-electron chi connectivity index (χ4n) is 7.39. The number of aromatic hydroxyl groups is 1. The molecule has 6 nitrogen and oxygen atoms in total. The average molecular weight is 483 g/mol. The molecule has 1 heterocycles. The highest BCUT2D eigenvalue weighted by Crippen LogP contribution is 2.64. The summed E-state index contributed by atoms with van der Waals surface area (Å²) in [6.45, 7) is 5.79. The topological polar surface area (TPSA) is 88.5 Å². The lowest BCUT2D eigenvalue weighted by molar-refractivity contribution is -0.154. The van der Waals surface area contributed by atoms with Gasteiger partial charge < -0.3 is 15.2 Å². The van der Waals surface area contributed by atoms with Crippen molar-refractivity contribution in [1.29, 1.82) is 0 Å². The number of phenolic OH excluding ortho intramolecular Hbond substituents is 1. The van der Waals surface area contributed by atoms with Crippen LogP contribution in [0.4, 0.5) is 5.13 Å². The molecule has 1 amide bonds. The summed E-state index contributed by atoms with van der Waals surface area (Å²) in [4.78, 5) is 30.0. The first-order chi connectivity index (χ1) is 16.2. The van der Waals surface area contributed by atoms with E-state index in [2.05, 4.69) is 23.3 Å². The molecule has 3 aliphatic rings. The van der Waals surface area contributed by atoms with Crippen LogP contribution < -0.4 is 5.32 Å². The first-order valence-electron chi connectivity index (χ1n) is 12.5. The summed E-state index contributed by atoms with van der Waals surface area (Å²) in [6, 6.07) is 5.85. The van der Waals surface area contributed by atoms with E-state index in [0.29, 0.717) is 41.0 Å². The van der Waals surface area contributed by atoms with Gasteiger partial charge in [0.05, 0.1) is 0 Å². The number of fused-ring (bicyclic) bond motifs is 5. The molecule has 34 heavy (non-hydrogen) atoms. The number of aryl methyl sites for hydroxylation is 2. The molecule has 0 radical (unpaired) electrons. The lowest BCUT2D eigenvalue weighted by Gasteiger charge is -2.51. The molecular weight excluding hydrogens is 448 g/mol. The van der Waals surface area contributed by atoms with E-state index >= 15 is 0 Å². The number of nitrogens with one attached hydrogen (secondary N) is 1. The largest absolute Gasteiger partial charge is 0.508 e. The quantitative estimate of drug-likeness (QED) is 0.543. The molecule has 3 unspecified atom stereocenters. The van der Waals surface area contributed by atoms with Crippen molar-refractivity contribution in [1.82, 2.24) is 4.98 Å². The van der Waals surface area contributed by atoms with Gasteiger partial charge in [-0.3, -0.25) is 9.59 Å². The Morgan fingerprint density at radius 3 is 2.88 bits per heavy atom. The third-order valence-corrected chi connectivity index (χ3v) is 9.51. The fraction of sp³-hybridized carbons (Fsp3) is 0.593. The molecule has 6 atom stereocenters. The number of nitrogens with zero attached hydrogens (tertiary/aromatic N) is 1. The number of hydrogen-bond donors (Lipinski definition) is 2. The number of aromatic nitrogens is 1. The zero-order valence-electron chi connectivity index (χ0n) is 20.2. The van der Waals surface area contributed by atoms with Crippen LogP contribution in [0.15, 0.2) is 24.4 Å². The van der Waals surface area contributed by atoms with E-state index in [1.807, 2.05) is 19.1 Å². The van der Waals surface area contributed by atoms with E-state index in [9.17, 15) is 14.7 Å². The molecular formula is C27H34N2O4S. The SMILES string of the molecule is CC(=O)O[C@H]1C[C@@H](CCC(=O)Nc2ncc(C)s2)C2C3CCc4cc(O)ccc4C3CC[C@@]21C. The van der Waals surface area contributed by atoms with Gasteiger partial charge in [0.25, 0.3) is 0 Å². The van der Waals surface area contributed by atoms with Gasteiger partial charge in [-0.2, -0.15) is 0 Å². The van der Waals surface area contributed by atoms with Crippen molar-refractivity contribution in [2.75, 3.05) is 5.32 Å². The Kier molecular flexibility index (Phi) is 6.17. The van der Waals surface area contributed by atoms with Gasteiger partial charge in [-0.25, -0.2) is 4.98 Å². The van der Waals surface area contributed by atoms with E-state index in [0.717, 1.165) is 43.4 Å². The summed E-state index contributed by atoms with van der Waals surface area (Å²) in [5.41, 5.74) is 2.59. The first-order valence-corrected chi connectivity index (χ1v) is 13.3. The van der Waals surface area contributed by atoms with Gasteiger partial charge in [-0.15, -0.1) is 11.3 Å². The number of esters is 1. The minimum Gasteiger partial charge on any atom is -0.508 e. The third kappa shape index (κ3) is 4.23. The molecule has 5 rings (SSSR count). The maximum Gasteiger partial charge on any atom is 0.302 e. The van der Waals surface area contributed by atoms with Crippen molar-refractivity contribution in [2.45, 2.75) is 77.7 Å². The summed E-state index contributed by atoms with van der Waals surface area (Å²) in [6.07, 6.45) is 7.88. The van der Waals surface area contributed by atoms with Crippen LogP contribution in [0.25, 0.3) is 0 Å². The van der Waals surface area contributed by atoms with Crippen LogP contribution in [-0.2, 0) is 20.7 Å². The smallest absolute Gasteiger partial charge is 0.302 e. The van der Waals surface area contributed by atoms with Crippen LogP contribution in [0, 0.1) is 30.1 Å². The Labute approximate surface area is 205 Å². The molecule has 3 aliphatic carbocycles. The van der Waals surface area contributed by atoms with E-state index in [1.165, 1.54) is 29.4 Å². The monoisotopic (exact) mass is 482 g/mol. The predicted molar refractivity (Wildman–Crippen MR) is 132 cm³/mol. The molecule has 182 valence electrons. The van der Waals surface area contributed by atoms with Crippen LogP contribution in [0.1, 0.15) is 74.3 Å². The molecule has 0 bridgehead atoms. The summed E-state index contributed by atoms with van der Waals surface area (Å²) < 4.78 is 5.90. The highest BCUT2D eigenvalue weighted by molar-refractivity contribution is 7.15.